The molecule has 0 saturated carbocycles. The zero-order valence-electron chi connectivity index (χ0n) is 3.97. The molecular formula is C2H9NO4. The summed E-state index contributed by atoms with van der Waals surface area (Å²) in [5.74, 6) is 0. The van der Waals surface area contributed by atoms with Crippen molar-refractivity contribution in [2.24, 2.45) is 0 Å². The molecule has 0 aliphatic heterocycles. The van der Waals surface area contributed by atoms with Crippen molar-refractivity contribution in [3.63, 3.8) is 0 Å². The Hall–Kier alpha value is -0.810. The van der Waals surface area contributed by atoms with E-state index in [2.05, 4.69) is 5.73 Å². The molecule has 0 aromatic carbocycles. The second-order valence-corrected chi connectivity index (χ2v) is 0.266. The SMILES string of the molecule is C[NH3+].O.O=C([O-])O. The highest BCUT2D eigenvalue weighted by molar-refractivity contribution is 5.50. The highest BCUT2D eigenvalue weighted by Gasteiger charge is 1.51. The van der Waals surface area contributed by atoms with Crippen LogP contribution < -0.4 is 10.8 Å². The molecular weight excluding hydrogens is 102 g/mol. The van der Waals surface area contributed by atoms with Gasteiger partial charge in [0.15, 0.2) is 0 Å². The van der Waals surface area contributed by atoms with E-state index in [0.717, 1.165) is 0 Å². The van der Waals surface area contributed by atoms with Gasteiger partial charge in [-0.2, -0.15) is 0 Å². The Morgan fingerprint density at radius 2 is 1.71 bits per heavy atom. The molecule has 0 saturated heterocycles. The molecule has 0 unspecified atom stereocenters. The quantitative estimate of drug-likeness (QED) is 0.345. The van der Waals surface area contributed by atoms with E-state index in [-0.39, 0.29) is 5.48 Å². The molecule has 0 aliphatic rings. The number of quaternary nitrogens is 1. The summed E-state index contributed by atoms with van der Waals surface area (Å²) in [7, 11) is 1.75. The van der Waals surface area contributed by atoms with Gasteiger partial charge in [-0.05, 0) is 0 Å². The van der Waals surface area contributed by atoms with Crippen molar-refractivity contribution in [3.05, 3.63) is 0 Å². The van der Waals surface area contributed by atoms with Crippen LogP contribution in [0.3, 0.4) is 0 Å². The zero-order chi connectivity index (χ0) is 5.58. The Balaban J connectivity index is -0.0000000480. The fourth-order valence-electron chi connectivity index (χ4n) is 0. The minimum atomic E-state index is -2.08. The molecule has 6 N–H and O–H groups in total. The third-order valence-electron chi connectivity index (χ3n) is 0. The van der Waals surface area contributed by atoms with Crippen molar-refractivity contribution < 1.29 is 26.2 Å². The van der Waals surface area contributed by atoms with Crippen molar-refractivity contribution in [3.8, 4) is 0 Å². The number of hydrogen-bond acceptors (Lipinski definition) is 2. The van der Waals surface area contributed by atoms with Gasteiger partial charge in [-0.15, -0.1) is 0 Å². The van der Waals surface area contributed by atoms with Crippen LogP contribution in [0.4, 0.5) is 4.79 Å². The van der Waals surface area contributed by atoms with Gasteiger partial charge in [0, 0.05) is 0 Å². The Labute approximate surface area is 40.7 Å². The normalized spacial score (nSPS) is 4.29. The Morgan fingerprint density at radius 1 is 1.71 bits per heavy atom. The second kappa shape index (κ2) is 19.0. The summed E-state index contributed by atoms with van der Waals surface area (Å²) in [6.45, 7) is 0. The lowest BCUT2D eigenvalue weighted by atomic mass is 11.5. The zero-order valence-corrected chi connectivity index (χ0v) is 3.97. The minimum Gasteiger partial charge on any atom is -0.565 e. The summed E-state index contributed by atoms with van der Waals surface area (Å²) in [5.41, 5.74) is 3.25. The topological polar surface area (TPSA) is 120 Å². The highest BCUT2D eigenvalue weighted by Crippen LogP contribution is 1.32. The highest BCUT2D eigenvalue weighted by atomic mass is 16.6. The summed E-state index contributed by atoms with van der Waals surface area (Å²) < 4.78 is 0. The van der Waals surface area contributed by atoms with Gasteiger partial charge in [-0.3, -0.25) is 0 Å². The van der Waals surface area contributed by atoms with E-state index in [1.165, 1.54) is 0 Å². The fraction of sp³-hybridized carbons (Fsp3) is 0.500. The van der Waals surface area contributed by atoms with Crippen LogP contribution in [-0.4, -0.2) is 23.8 Å². The maximum absolute atomic E-state index is 8.44. The van der Waals surface area contributed by atoms with Crippen molar-refractivity contribution in [1.29, 1.82) is 0 Å². The Bertz CT molecular complexity index is 32.7. The molecule has 0 radical (unpaired) electrons. The average Bonchev–Trinajstić information content (AvgIpc) is 1.41. The standard InChI is InChI=1S/CH5N.CH2O3.H2O/c1-2;2-1(3)4;/h2H2,1H3;(H2,2,3,4);1H2. The maximum atomic E-state index is 8.44. The van der Waals surface area contributed by atoms with Crippen LogP contribution in [0.2, 0.25) is 0 Å². The van der Waals surface area contributed by atoms with E-state index in [9.17, 15) is 0 Å². The first-order chi connectivity index (χ1) is 2.73. The summed E-state index contributed by atoms with van der Waals surface area (Å²) >= 11 is 0. The maximum Gasteiger partial charge on any atom is 0.249 e. The summed E-state index contributed by atoms with van der Waals surface area (Å²) in [5, 5.41) is 15.3. The Morgan fingerprint density at radius 3 is 1.71 bits per heavy atom. The number of carbonyl (C=O) groups is 1. The average molecular weight is 111 g/mol. The van der Waals surface area contributed by atoms with E-state index in [1.54, 1.807) is 7.05 Å². The third-order valence-corrected chi connectivity index (χ3v) is 0. The molecule has 0 amide bonds. The molecule has 0 aromatic rings. The molecule has 0 spiro atoms. The molecule has 0 bridgehead atoms. The monoisotopic (exact) mass is 111 g/mol. The number of carboxylic acid groups (broad SMARTS) is 2. The first kappa shape index (κ1) is 16.4. The van der Waals surface area contributed by atoms with Gasteiger partial charge in [0.2, 0.25) is 6.16 Å². The van der Waals surface area contributed by atoms with Crippen LogP contribution in [-0.2, 0) is 0 Å². The predicted molar refractivity (Wildman–Crippen MR) is 20.5 cm³/mol. The Kier molecular flexibility index (Phi) is 44.5. The van der Waals surface area contributed by atoms with E-state index in [1.807, 2.05) is 0 Å². The van der Waals surface area contributed by atoms with Gasteiger partial charge in [-0.25, -0.2) is 0 Å². The van der Waals surface area contributed by atoms with Crippen molar-refractivity contribution in [2.45, 2.75) is 0 Å². The molecule has 46 valence electrons. The second-order valence-electron chi connectivity index (χ2n) is 0.266. The van der Waals surface area contributed by atoms with Gasteiger partial charge in [-0.1, -0.05) is 0 Å². The summed E-state index contributed by atoms with van der Waals surface area (Å²) in [4.78, 5) is 8.44. The summed E-state index contributed by atoms with van der Waals surface area (Å²) in [6, 6.07) is 0. The molecule has 0 rings (SSSR count). The summed E-state index contributed by atoms with van der Waals surface area (Å²) in [6.07, 6.45) is -2.08. The lowest BCUT2D eigenvalue weighted by Crippen LogP contribution is -2.40. The van der Waals surface area contributed by atoms with Gasteiger partial charge in [0.1, 0.15) is 0 Å². The lowest BCUT2D eigenvalue weighted by Gasteiger charge is -1.74. The van der Waals surface area contributed by atoms with Gasteiger partial charge < -0.3 is 26.2 Å². The van der Waals surface area contributed by atoms with E-state index < -0.39 is 6.16 Å². The lowest BCUT2D eigenvalue weighted by molar-refractivity contribution is -0.325. The smallest absolute Gasteiger partial charge is 0.249 e. The number of rotatable bonds is 0. The van der Waals surface area contributed by atoms with Gasteiger partial charge >= 0.3 is 0 Å². The molecule has 5 nitrogen and oxygen atoms in total. The van der Waals surface area contributed by atoms with Crippen molar-refractivity contribution >= 4 is 6.16 Å². The van der Waals surface area contributed by atoms with Gasteiger partial charge in [0.25, 0.3) is 0 Å². The predicted octanol–water partition coefficient (Wildman–Crippen LogP) is -3.08. The van der Waals surface area contributed by atoms with Crippen molar-refractivity contribution in [2.75, 3.05) is 7.05 Å². The third kappa shape index (κ3) is 80.5. The molecule has 0 fully saturated rings. The molecule has 0 atom stereocenters. The first-order valence-electron chi connectivity index (χ1n) is 1.34. The van der Waals surface area contributed by atoms with Crippen LogP contribution in [0.1, 0.15) is 0 Å². The fourth-order valence-corrected chi connectivity index (χ4v) is 0. The largest absolute Gasteiger partial charge is 0.565 e. The van der Waals surface area contributed by atoms with Crippen LogP contribution in [0.25, 0.3) is 0 Å². The van der Waals surface area contributed by atoms with E-state index in [0.29, 0.717) is 0 Å². The number of hydrogen-bond donors (Lipinski definition) is 2. The van der Waals surface area contributed by atoms with E-state index in [4.69, 9.17) is 15.0 Å². The first-order valence-corrected chi connectivity index (χ1v) is 1.34. The van der Waals surface area contributed by atoms with Crippen LogP contribution in [0.15, 0.2) is 0 Å². The van der Waals surface area contributed by atoms with Crippen molar-refractivity contribution in [1.82, 2.24) is 0 Å². The molecule has 5 heteroatoms. The molecule has 7 heavy (non-hydrogen) atoms. The van der Waals surface area contributed by atoms with Crippen LogP contribution >= 0.6 is 0 Å². The molecule has 0 aromatic heterocycles. The molecule has 0 heterocycles. The van der Waals surface area contributed by atoms with Gasteiger partial charge in [0.05, 0.1) is 7.05 Å². The van der Waals surface area contributed by atoms with Crippen LogP contribution in [0.5, 0.6) is 0 Å². The van der Waals surface area contributed by atoms with E-state index >= 15 is 0 Å². The van der Waals surface area contributed by atoms with Crippen LogP contribution in [0, 0.1) is 0 Å². The molecule has 0 aliphatic carbocycles. The minimum absolute atomic E-state index is 0.